The van der Waals surface area contributed by atoms with Gasteiger partial charge in [0, 0.05) is 17.5 Å². The molecule has 4 nitrogen and oxygen atoms in total. The van der Waals surface area contributed by atoms with Gasteiger partial charge < -0.3 is 0 Å². The van der Waals surface area contributed by atoms with Crippen LogP contribution in [0.2, 0.25) is 5.02 Å². The molecule has 0 bridgehead atoms. The molecule has 1 atom stereocenters. The minimum absolute atomic E-state index is 0.0572. The maximum Gasteiger partial charge on any atom is 0.287 e. The second kappa shape index (κ2) is 5.30. The fourth-order valence-electron chi connectivity index (χ4n) is 2.80. The van der Waals surface area contributed by atoms with Gasteiger partial charge in [-0.05, 0) is 30.0 Å². The lowest BCUT2D eigenvalue weighted by Gasteiger charge is -2.23. The van der Waals surface area contributed by atoms with Gasteiger partial charge in [0.1, 0.15) is 5.02 Å². The minimum atomic E-state index is -0.524. The molecule has 0 aromatic heterocycles. The molecule has 1 aliphatic carbocycles. The summed E-state index contributed by atoms with van der Waals surface area (Å²) in [4.78, 5) is 22.8. The first-order valence-corrected chi connectivity index (χ1v) is 7.01. The number of rotatable bonds is 2. The molecule has 3 rings (SSSR count). The summed E-state index contributed by atoms with van der Waals surface area (Å²) in [5.41, 5.74) is 2.41. The van der Waals surface area contributed by atoms with Crippen LogP contribution < -0.4 is 0 Å². The van der Waals surface area contributed by atoms with Crippen molar-refractivity contribution in [3.05, 3.63) is 74.3 Å². The molecule has 0 amide bonds. The molecule has 0 spiro atoms. The molecule has 106 valence electrons. The average Bonchev–Trinajstić information content (AvgIpc) is 2.47. The van der Waals surface area contributed by atoms with Crippen molar-refractivity contribution >= 4 is 23.1 Å². The van der Waals surface area contributed by atoms with Gasteiger partial charge in [-0.3, -0.25) is 14.9 Å². The fourth-order valence-corrected chi connectivity index (χ4v) is 3.06. The summed E-state index contributed by atoms with van der Waals surface area (Å²) < 4.78 is 0. The Labute approximate surface area is 126 Å². The van der Waals surface area contributed by atoms with Gasteiger partial charge in [-0.15, -0.1) is 0 Å². The lowest BCUT2D eigenvalue weighted by molar-refractivity contribution is -0.384. The molecule has 2 aromatic rings. The minimum Gasteiger partial charge on any atom is -0.293 e. The second-order valence-corrected chi connectivity index (χ2v) is 5.49. The monoisotopic (exact) mass is 301 g/mol. The Bertz CT molecular complexity index is 742. The number of fused-ring (bicyclic) bond motifs is 1. The van der Waals surface area contributed by atoms with Gasteiger partial charge in [0.15, 0.2) is 5.78 Å². The quantitative estimate of drug-likeness (QED) is 0.618. The van der Waals surface area contributed by atoms with Crippen LogP contribution in [-0.4, -0.2) is 10.7 Å². The molecule has 1 unspecified atom stereocenters. The maximum absolute atomic E-state index is 12.6. The van der Waals surface area contributed by atoms with Gasteiger partial charge in [-0.1, -0.05) is 41.9 Å². The van der Waals surface area contributed by atoms with Gasteiger partial charge >= 0.3 is 0 Å². The standard InChI is InChI=1S/C16H12ClNO3/c17-14-9-11(6-8-15(14)18(20)21)13-7-5-10-3-1-2-4-12(10)16(13)19/h1-4,6,8-9,13H,5,7H2. The highest BCUT2D eigenvalue weighted by Crippen LogP contribution is 2.35. The number of carbonyl (C=O) groups excluding carboxylic acids is 1. The highest BCUT2D eigenvalue weighted by Gasteiger charge is 2.29. The van der Waals surface area contributed by atoms with Crippen LogP contribution in [0.4, 0.5) is 5.69 Å². The largest absolute Gasteiger partial charge is 0.293 e. The van der Waals surface area contributed by atoms with E-state index in [1.807, 2.05) is 24.3 Å². The van der Waals surface area contributed by atoms with Crippen LogP contribution >= 0.6 is 11.6 Å². The molecule has 21 heavy (non-hydrogen) atoms. The van der Waals surface area contributed by atoms with E-state index in [0.29, 0.717) is 6.42 Å². The van der Waals surface area contributed by atoms with Gasteiger partial charge in [0.2, 0.25) is 0 Å². The summed E-state index contributed by atoms with van der Waals surface area (Å²) in [5, 5.41) is 10.9. The van der Waals surface area contributed by atoms with E-state index in [9.17, 15) is 14.9 Å². The van der Waals surface area contributed by atoms with Crippen molar-refractivity contribution in [2.45, 2.75) is 18.8 Å². The Morgan fingerprint density at radius 1 is 1.19 bits per heavy atom. The van der Waals surface area contributed by atoms with Crippen LogP contribution in [0, 0.1) is 10.1 Å². The van der Waals surface area contributed by atoms with Crippen LogP contribution in [0.1, 0.15) is 33.8 Å². The number of aryl methyl sites for hydroxylation is 1. The van der Waals surface area contributed by atoms with Gasteiger partial charge in [0.05, 0.1) is 4.92 Å². The number of hydrogen-bond acceptors (Lipinski definition) is 3. The molecule has 0 fully saturated rings. The van der Waals surface area contributed by atoms with E-state index >= 15 is 0 Å². The zero-order valence-corrected chi connectivity index (χ0v) is 11.8. The summed E-state index contributed by atoms with van der Waals surface area (Å²) in [6, 6.07) is 12.1. The highest BCUT2D eigenvalue weighted by atomic mass is 35.5. The predicted molar refractivity (Wildman–Crippen MR) is 79.9 cm³/mol. The highest BCUT2D eigenvalue weighted by molar-refractivity contribution is 6.32. The molecule has 1 aliphatic rings. The van der Waals surface area contributed by atoms with E-state index in [-0.39, 0.29) is 22.4 Å². The first kappa shape index (κ1) is 13.8. The Kier molecular flexibility index (Phi) is 3.47. The van der Waals surface area contributed by atoms with E-state index in [0.717, 1.165) is 23.1 Å². The lowest BCUT2D eigenvalue weighted by atomic mass is 9.79. The topological polar surface area (TPSA) is 60.2 Å². The third kappa shape index (κ3) is 2.43. The summed E-state index contributed by atoms with van der Waals surface area (Å²) in [7, 11) is 0. The van der Waals surface area contributed by atoms with E-state index < -0.39 is 4.92 Å². The zero-order chi connectivity index (χ0) is 15.0. The smallest absolute Gasteiger partial charge is 0.287 e. The normalized spacial score (nSPS) is 17.4. The Hall–Kier alpha value is -2.20. The number of halogens is 1. The number of nitro groups is 1. The van der Waals surface area contributed by atoms with Crippen LogP contribution in [0.25, 0.3) is 0 Å². The Balaban J connectivity index is 1.97. The van der Waals surface area contributed by atoms with Crippen molar-refractivity contribution in [1.29, 1.82) is 0 Å². The fraction of sp³-hybridized carbons (Fsp3) is 0.188. The Morgan fingerprint density at radius 3 is 2.67 bits per heavy atom. The number of benzene rings is 2. The van der Waals surface area contributed by atoms with Crippen molar-refractivity contribution in [2.75, 3.05) is 0 Å². The lowest BCUT2D eigenvalue weighted by Crippen LogP contribution is -2.20. The summed E-state index contributed by atoms with van der Waals surface area (Å²) in [6.07, 6.45) is 1.52. The van der Waals surface area contributed by atoms with Crippen molar-refractivity contribution in [1.82, 2.24) is 0 Å². The first-order valence-electron chi connectivity index (χ1n) is 6.64. The molecule has 0 heterocycles. The van der Waals surface area contributed by atoms with Crippen LogP contribution in [0.3, 0.4) is 0 Å². The van der Waals surface area contributed by atoms with Crippen molar-refractivity contribution in [2.24, 2.45) is 0 Å². The van der Waals surface area contributed by atoms with E-state index in [2.05, 4.69) is 0 Å². The first-order chi connectivity index (χ1) is 10.1. The second-order valence-electron chi connectivity index (χ2n) is 5.08. The molecule has 0 N–H and O–H groups in total. The summed E-state index contributed by atoms with van der Waals surface area (Å²) in [6.45, 7) is 0. The molecular weight excluding hydrogens is 290 g/mol. The average molecular weight is 302 g/mol. The molecule has 0 saturated heterocycles. The SMILES string of the molecule is O=C1c2ccccc2CCC1c1ccc([N+](=O)[O-])c(Cl)c1. The Morgan fingerprint density at radius 2 is 1.95 bits per heavy atom. The number of Topliss-reactive ketones (excluding diaryl/α,β-unsaturated/α-hetero) is 1. The number of carbonyl (C=O) groups is 1. The van der Waals surface area contributed by atoms with Crippen LogP contribution in [0.5, 0.6) is 0 Å². The van der Waals surface area contributed by atoms with Crippen LogP contribution in [0.15, 0.2) is 42.5 Å². The molecule has 0 radical (unpaired) electrons. The molecule has 0 aliphatic heterocycles. The van der Waals surface area contributed by atoms with Gasteiger partial charge in [-0.25, -0.2) is 0 Å². The zero-order valence-electron chi connectivity index (χ0n) is 11.1. The summed E-state index contributed by atoms with van der Waals surface area (Å²) in [5.74, 6) is -0.222. The van der Waals surface area contributed by atoms with Crippen molar-refractivity contribution < 1.29 is 9.72 Å². The van der Waals surface area contributed by atoms with Crippen LogP contribution in [-0.2, 0) is 6.42 Å². The molecule has 0 saturated carbocycles. The number of nitro benzene ring substituents is 1. The predicted octanol–water partition coefficient (Wildman–Crippen LogP) is 4.16. The van der Waals surface area contributed by atoms with Gasteiger partial charge in [-0.2, -0.15) is 0 Å². The van der Waals surface area contributed by atoms with E-state index in [1.165, 1.54) is 12.1 Å². The molecule has 2 aromatic carbocycles. The molecule has 5 heteroatoms. The van der Waals surface area contributed by atoms with Crippen molar-refractivity contribution in [3.8, 4) is 0 Å². The maximum atomic E-state index is 12.6. The number of nitrogens with zero attached hydrogens (tertiary/aromatic N) is 1. The van der Waals surface area contributed by atoms with Gasteiger partial charge in [0.25, 0.3) is 5.69 Å². The van der Waals surface area contributed by atoms with Crippen molar-refractivity contribution in [3.63, 3.8) is 0 Å². The van der Waals surface area contributed by atoms with E-state index in [4.69, 9.17) is 11.6 Å². The van der Waals surface area contributed by atoms with E-state index in [1.54, 1.807) is 6.07 Å². The summed E-state index contributed by atoms with van der Waals surface area (Å²) >= 11 is 5.94. The number of ketones is 1. The third-order valence-electron chi connectivity index (χ3n) is 3.87. The number of hydrogen-bond donors (Lipinski definition) is 0. The molecular formula is C16H12ClNO3. The third-order valence-corrected chi connectivity index (χ3v) is 4.18.